The van der Waals surface area contributed by atoms with E-state index in [1.165, 1.54) is 6.20 Å². The number of amides is 1. The maximum absolute atomic E-state index is 11.2. The zero-order valence-corrected chi connectivity index (χ0v) is 8.57. The molecule has 0 atom stereocenters. The summed E-state index contributed by atoms with van der Waals surface area (Å²) in [6, 6.07) is 1.77. The van der Waals surface area contributed by atoms with Crippen molar-refractivity contribution < 1.29 is 14.7 Å². The van der Waals surface area contributed by atoms with Gasteiger partial charge in [-0.05, 0) is 13.8 Å². The Bertz CT molecular complexity index is 315. The molecule has 0 rings (SSSR count). The van der Waals surface area contributed by atoms with Crippen LogP contribution >= 0.6 is 0 Å². The molecule has 0 radical (unpaired) electrons. The Hall–Kier alpha value is -2.03. The van der Waals surface area contributed by atoms with E-state index in [2.05, 4.69) is 10.6 Å². The third-order valence-electron chi connectivity index (χ3n) is 1.33. The fourth-order valence-corrected chi connectivity index (χ4v) is 0.650. The van der Waals surface area contributed by atoms with Gasteiger partial charge in [-0.15, -0.1) is 0 Å². The summed E-state index contributed by atoms with van der Waals surface area (Å²) in [6.45, 7) is 3.20. The molecule has 6 heteroatoms. The first-order valence-corrected chi connectivity index (χ1v) is 4.33. The number of nitrogens with one attached hydrogen (secondary N) is 2. The first kappa shape index (κ1) is 13.0. The van der Waals surface area contributed by atoms with E-state index < -0.39 is 18.4 Å². The van der Waals surface area contributed by atoms with E-state index in [1.807, 2.05) is 13.8 Å². The van der Waals surface area contributed by atoms with Gasteiger partial charge in [0.1, 0.15) is 18.2 Å². The van der Waals surface area contributed by atoms with Crippen LogP contribution in [0.1, 0.15) is 13.8 Å². The third kappa shape index (κ3) is 6.10. The fraction of sp³-hybridized carbons (Fsp3) is 0.444. The second-order valence-corrected chi connectivity index (χ2v) is 3.07. The van der Waals surface area contributed by atoms with Crippen LogP contribution in [0.15, 0.2) is 11.8 Å². The molecule has 0 heterocycles. The largest absolute Gasteiger partial charge is 0.480 e. The van der Waals surface area contributed by atoms with E-state index in [0.717, 1.165) is 0 Å². The van der Waals surface area contributed by atoms with Crippen molar-refractivity contribution >= 4 is 11.9 Å². The zero-order chi connectivity index (χ0) is 11.8. The van der Waals surface area contributed by atoms with Crippen molar-refractivity contribution in [1.29, 1.82) is 5.26 Å². The molecule has 0 aliphatic rings. The van der Waals surface area contributed by atoms with E-state index in [9.17, 15) is 9.59 Å². The molecule has 0 fully saturated rings. The lowest BCUT2D eigenvalue weighted by Crippen LogP contribution is -2.31. The topological polar surface area (TPSA) is 102 Å². The summed E-state index contributed by atoms with van der Waals surface area (Å²) in [5, 5.41) is 21.8. The molecule has 3 N–H and O–H groups in total. The number of carbonyl (C=O) groups is 2. The summed E-state index contributed by atoms with van der Waals surface area (Å²) < 4.78 is 0. The van der Waals surface area contributed by atoms with Gasteiger partial charge in [-0.25, -0.2) is 0 Å². The van der Waals surface area contributed by atoms with Crippen LogP contribution in [0, 0.1) is 11.3 Å². The molecule has 0 aliphatic heterocycles. The number of aliphatic carboxylic acids is 1. The molecular formula is C9H13N3O3. The second kappa shape index (κ2) is 6.43. The standard InChI is InChI=1S/C9H13N3O3/c1-6(2)11-4-7(3-10)9(15)12-5-8(13)14/h4,6,11H,5H2,1-2H3,(H,12,15)(H,13,14)/b7-4-. The molecule has 15 heavy (non-hydrogen) atoms. The SMILES string of the molecule is CC(C)N/C=C(/C#N)C(=O)NCC(=O)O. The van der Waals surface area contributed by atoms with Crippen molar-refractivity contribution in [2.45, 2.75) is 19.9 Å². The Labute approximate surface area is 87.6 Å². The van der Waals surface area contributed by atoms with Gasteiger partial charge in [-0.3, -0.25) is 9.59 Å². The number of carboxylic acid groups (broad SMARTS) is 1. The van der Waals surface area contributed by atoms with Gasteiger partial charge in [0.2, 0.25) is 0 Å². The summed E-state index contributed by atoms with van der Waals surface area (Å²) in [4.78, 5) is 21.3. The molecule has 6 nitrogen and oxygen atoms in total. The molecule has 82 valence electrons. The average Bonchev–Trinajstić information content (AvgIpc) is 2.15. The highest BCUT2D eigenvalue weighted by Gasteiger charge is 2.09. The first-order chi connectivity index (χ1) is 6.97. The molecule has 0 aromatic carbocycles. The van der Waals surface area contributed by atoms with Crippen LogP contribution in [0.25, 0.3) is 0 Å². The Morgan fingerprint density at radius 2 is 2.13 bits per heavy atom. The van der Waals surface area contributed by atoms with E-state index in [-0.39, 0.29) is 11.6 Å². The summed E-state index contributed by atoms with van der Waals surface area (Å²) in [5.74, 6) is -1.86. The molecule has 0 unspecified atom stereocenters. The molecule has 0 aliphatic carbocycles. The zero-order valence-electron chi connectivity index (χ0n) is 8.57. The number of carbonyl (C=O) groups excluding carboxylic acids is 1. The van der Waals surface area contributed by atoms with Crippen LogP contribution in [0.5, 0.6) is 0 Å². The third-order valence-corrected chi connectivity index (χ3v) is 1.33. The Kier molecular flexibility index (Phi) is 5.56. The molecule has 0 aromatic rings. The van der Waals surface area contributed by atoms with Gasteiger partial charge in [-0.2, -0.15) is 5.26 Å². The van der Waals surface area contributed by atoms with Gasteiger partial charge in [0, 0.05) is 12.2 Å². The minimum atomic E-state index is -1.16. The van der Waals surface area contributed by atoms with Gasteiger partial charge in [0.15, 0.2) is 0 Å². The number of hydrogen-bond acceptors (Lipinski definition) is 4. The van der Waals surface area contributed by atoms with Crippen LogP contribution in [-0.2, 0) is 9.59 Å². The molecule has 0 bridgehead atoms. The van der Waals surface area contributed by atoms with Crippen LogP contribution in [0.4, 0.5) is 0 Å². The minimum absolute atomic E-state index is 0.0978. The number of hydrogen-bond donors (Lipinski definition) is 3. The number of nitrogens with zero attached hydrogens (tertiary/aromatic N) is 1. The van der Waals surface area contributed by atoms with Crippen molar-refractivity contribution in [3.05, 3.63) is 11.8 Å². The minimum Gasteiger partial charge on any atom is -0.480 e. The molecule has 0 aromatic heterocycles. The summed E-state index contributed by atoms with van der Waals surface area (Å²) in [5.41, 5.74) is -0.148. The van der Waals surface area contributed by atoms with Crippen molar-refractivity contribution in [3.8, 4) is 6.07 Å². The van der Waals surface area contributed by atoms with Crippen LogP contribution in [0.3, 0.4) is 0 Å². The summed E-state index contributed by atoms with van der Waals surface area (Å²) in [7, 11) is 0. The molecule has 0 spiro atoms. The molecule has 0 saturated heterocycles. The lowest BCUT2D eigenvalue weighted by atomic mass is 10.3. The highest BCUT2D eigenvalue weighted by Crippen LogP contribution is 1.91. The van der Waals surface area contributed by atoms with Gasteiger partial charge >= 0.3 is 5.97 Å². The molecule has 1 amide bonds. The van der Waals surface area contributed by atoms with E-state index in [1.54, 1.807) is 6.07 Å². The monoisotopic (exact) mass is 211 g/mol. The number of nitriles is 1. The van der Waals surface area contributed by atoms with Gasteiger partial charge in [0.25, 0.3) is 5.91 Å². The highest BCUT2D eigenvalue weighted by atomic mass is 16.4. The van der Waals surface area contributed by atoms with Gasteiger partial charge in [-0.1, -0.05) is 0 Å². The molecular weight excluding hydrogens is 198 g/mol. The van der Waals surface area contributed by atoms with E-state index in [0.29, 0.717) is 0 Å². The second-order valence-electron chi connectivity index (χ2n) is 3.07. The Morgan fingerprint density at radius 3 is 2.53 bits per heavy atom. The number of rotatable bonds is 5. The van der Waals surface area contributed by atoms with E-state index in [4.69, 9.17) is 10.4 Å². The lowest BCUT2D eigenvalue weighted by molar-refractivity contribution is -0.137. The van der Waals surface area contributed by atoms with Crippen LogP contribution < -0.4 is 10.6 Å². The van der Waals surface area contributed by atoms with Gasteiger partial charge in [0.05, 0.1) is 0 Å². The maximum Gasteiger partial charge on any atom is 0.322 e. The number of carboxylic acids is 1. The Morgan fingerprint density at radius 1 is 1.53 bits per heavy atom. The van der Waals surface area contributed by atoms with Crippen molar-refractivity contribution in [2.75, 3.05) is 6.54 Å². The summed E-state index contributed by atoms with van der Waals surface area (Å²) >= 11 is 0. The Balaban J connectivity index is 4.30. The first-order valence-electron chi connectivity index (χ1n) is 4.33. The van der Waals surface area contributed by atoms with Gasteiger partial charge < -0.3 is 15.7 Å². The predicted octanol–water partition coefficient (Wildman–Crippen LogP) is -0.407. The van der Waals surface area contributed by atoms with Crippen molar-refractivity contribution in [2.24, 2.45) is 0 Å². The summed E-state index contributed by atoms with van der Waals surface area (Å²) in [6.07, 6.45) is 1.27. The normalized spacial score (nSPS) is 10.7. The van der Waals surface area contributed by atoms with Crippen LogP contribution in [0.2, 0.25) is 0 Å². The van der Waals surface area contributed by atoms with E-state index >= 15 is 0 Å². The quantitative estimate of drug-likeness (QED) is 0.424. The maximum atomic E-state index is 11.2. The molecule has 0 saturated carbocycles. The lowest BCUT2D eigenvalue weighted by Gasteiger charge is -2.05. The van der Waals surface area contributed by atoms with Crippen molar-refractivity contribution in [3.63, 3.8) is 0 Å². The average molecular weight is 211 g/mol. The smallest absolute Gasteiger partial charge is 0.322 e. The van der Waals surface area contributed by atoms with Crippen LogP contribution in [-0.4, -0.2) is 29.6 Å². The predicted molar refractivity (Wildman–Crippen MR) is 52.6 cm³/mol. The highest BCUT2D eigenvalue weighted by molar-refractivity contribution is 5.98. The van der Waals surface area contributed by atoms with Crippen molar-refractivity contribution in [1.82, 2.24) is 10.6 Å². The fourth-order valence-electron chi connectivity index (χ4n) is 0.650.